The maximum Gasteiger partial charge on any atom is 0.252 e. The van der Waals surface area contributed by atoms with Crippen molar-refractivity contribution in [1.29, 1.82) is 0 Å². The first-order valence-corrected chi connectivity index (χ1v) is 9.92. The van der Waals surface area contributed by atoms with Gasteiger partial charge in [-0.3, -0.25) is 14.6 Å². The van der Waals surface area contributed by atoms with Crippen LogP contribution in [0.4, 0.5) is 21.7 Å². The lowest BCUT2D eigenvalue weighted by Crippen LogP contribution is -2.36. The van der Waals surface area contributed by atoms with E-state index in [-0.39, 0.29) is 17.2 Å². The molecule has 6 N–H and O–H groups in total. The van der Waals surface area contributed by atoms with Crippen LogP contribution in [0.5, 0.6) is 0 Å². The van der Waals surface area contributed by atoms with Crippen LogP contribution in [0.2, 0.25) is 0 Å². The Morgan fingerprint density at radius 3 is 2.55 bits per heavy atom. The molecule has 2 heterocycles. The number of benzene rings is 1. The number of fused-ring (bicyclic) bond motifs is 1. The van der Waals surface area contributed by atoms with Crippen LogP contribution >= 0.6 is 0 Å². The van der Waals surface area contributed by atoms with Gasteiger partial charge in [-0.05, 0) is 49.1 Å². The molecule has 0 aliphatic rings. The van der Waals surface area contributed by atoms with Gasteiger partial charge in [0.25, 0.3) is 5.91 Å². The summed E-state index contributed by atoms with van der Waals surface area (Å²) in [4.78, 5) is 32.1. The predicted molar refractivity (Wildman–Crippen MR) is 118 cm³/mol. The molecule has 0 aliphatic carbocycles. The monoisotopic (exact) mass is 424 g/mol. The number of carbonyl (C=O) groups excluding carboxylic acids is 2. The van der Waals surface area contributed by atoms with Gasteiger partial charge in [0.05, 0.1) is 11.1 Å². The number of nitrogens with one attached hydrogen (secondary N) is 2. The van der Waals surface area contributed by atoms with Crippen LogP contribution < -0.4 is 22.1 Å². The van der Waals surface area contributed by atoms with Crippen LogP contribution in [0.25, 0.3) is 10.9 Å². The second kappa shape index (κ2) is 9.38. The SMILES string of the molecule is CC(C)CC[C@@H](Nc1nc(Nc2ccc3ncccc3c2)c(C(N)=O)cc1F)C(N)=O. The molecule has 0 fully saturated rings. The minimum atomic E-state index is -0.839. The summed E-state index contributed by atoms with van der Waals surface area (Å²) in [5, 5.41) is 6.64. The van der Waals surface area contributed by atoms with Crippen molar-refractivity contribution in [2.45, 2.75) is 32.7 Å². The van der Waals surface area contributed by atoms with E-state index in [0.717, 1.165) is 23.4 Å². The fourth-order valence-corrected chi connectivity index (χ4v) is 3.11. The van der Waals surface area contributed by atoms with E-state index in [9.17, 15) is 14.0 Å². The normalized spacial score (nSPS) is 12.0. The molecule has 2 aromatic heterocycles. The molecule has 0 bridgehead atoms. The number of nitrogens with zero attached hydrogens (tertiary/aromatic N) is 2. The van der Waals surface area contributed by atoms with Crippen LogP contribution in [0.15, 0.2) is 42.6 Å². The van der Waals surface area contributed by atoms with Crippen molar-refractivity contribution in [2.75, 3.05) is 10.6 Å². The molecule has 0 radical (unpaired) electrons. The van der Waals surface area contributed by atoms with E-state index < -0.39 is 23.7 Å². The van der Waals surface area contributed by atoms with Gasteiger partial charge >= 0.3 is 0 Å². The lowest BCUT2D eigenvalue weighted by molar-refractivity contribution is -0.118. The molecule has 0 unspecified atom stereocenters. The first-order valence-electron chi connectivity index (χ1n) is 9.92. The van der Waals surface area contributed by atoms with Crippen molar-refractivity contribution in [2.24, 2.45) is 17.4 Å². The highest BCUT2D eigenvalue weighted by molar-refractivity contribution is 5.99. The molecular formula is C22H25FN6O2. The fourth-order valence-electron chi connectivity index (χ4n) is 3.11. The summed E-state index contributed by atoms with van der Waals surface area (Å²) < 4.78 is 14.6. The second-order valence-corrected chi connectivity index (χ2v) is 7.69. The molecule has 0 saturated carbocycles. The third-order valence-electron chi connectivity index (χ3n) is 4.79. The highest BCUT2D eigenvalue weighted by Gasteiger charge is 2.21. The zero-order valence-corrected chi connectivity index (χ0v) is 17.4. The Kier molecular flexibility index (Phi) is 6.64. The van der Waals surface area contributed by atoms with Crippen molar-refractivity contribution >= 4 is 40.0 Å². The van der Waals surface area contributed by atoms with Crippen LogP contribution in [-0.4, -0.2) is 27.8 Å². The van der Waals surface area contributed by atoms with Gasteiger partial charge in [0.1, 0.15) is 11.9 Å². The lowest BCUT2D eigenvalue weighted by Gasteiger charge is -2.19. The highest BCUT2D eigenvalue weighted by atomic mass is 19.1. The molecule has 31 heavy (non-hydrogen) atoms. The zero-order valence-electron chi connectivity index (χ0n) is 17.4. The summed E-state index contributed by atoms with van der Waals surface area (Å²) in [7, 11) is 0. The Morgan fingerprint density at radius 1 is 1.10 bits per heavy atom. The Balaban J connectivity index is 1.94. The van der Waals surface area contributed by atoms with Crippen LogP contribution in [0, 0.1) is 11.7 Å². The topological polar surface area (TPSA) is 136 Å². The summed E-state index contributed by atoms with van der Waals surface area (Å²) in [6.45, 7) is 4.03. The van der Waals surface area contributed by atoms with Crippen molar-refractivity contribution < 1.29 is 14.0 Å². The van der Waals surface area contributed by atoms with Gasteiger partial charge in [0.15, 0.2) is 11.6 Å². The van der Waals surface area contributed by atoms with Crippen LogP contribution in [0.3, 0.4) is 0 Å². The standard InChI is InChI=1S/C22H25FN6O2/c1-12(2)5-7-18(20(25)31)28-22-16(23)11-15(19(24)30)21(29-22)27-14-6-8-17-13(10-14)4-3-9-26-17/h3-4,6,8-12,18H,5,7H2,1-2H3,(H2,24,30)(H2,25,31)(H2,27,28,29)/t18-/m1/s1. The molecule has 8 nitrogen and oxygen atoms in total. The number of amides is 2. The molecule has 1 atom stereocenters. The Morgan fingerprint density at radius 2 is 1.87 bits per heavy atom. The van der Waals surface area contributed by atoms with Gasteiger partial charge in [-0.25, -0.2) is 9.37 Å². The lowest BCUT2D eigenvalue weighted by atomic mass is 10.0. The first kappa shape index (κ1) is 21.9. The maximum atomic E-state index is 14.6. The number of nitrogens with two attached hydrogens (primary N) is 2. The second-order valence-electron chi connectivity index (χ2n) is 7.69. The molecule has 3 aromatic rings. The van der Waals surface area contributed by atoms with E-state index in [1.54, 1.807) is 24.4 Å². The third kappa shape index (κ3) is 5.44. The average molecular weight is 424 g/mol. The quantitative estimate of drug-likeness (QED) is 0.416. The molecule has 2 amide bonds. The summed E-state index contributed by atoms with van der Waals surface area (Å²) in [6.07, 6.45) is 2.83. The smallest absolute Gasteiger partial charge is 0.252 e. The summed E-state index contributed by atoms with van der Waals surface area (Å²) in [5.74, 6) is -2.04. The molecule has 0 saturated heterocycles. The minimum absolute atomic E-state index is 0.0618. The Bertz CT molecular complexity index is 1120. The van der Waals surface area contributed by atoms with Gasteiger partial charge in [0, 0.05) is 17.3 Å². The number of primary amides is 2. The highest BCUT2D eigenvalue weighted by Crippen LogP contribution is 2.26. The van der Waals surface area contributed by atoms with E-state index in [1.807, 2.05) is 26.0 Å². The number of carbonyl (C=O) groups is 2. The van der Waals surface area contributed by atoms with Gasteiger partial charge in [-0.1, -0.05) is 19.9 Å². The molecule has 1 aromatic carbocycles. The number of hydrogen-bond donors (Lipinski definition) is 4. The van der Waals surface area contributed by atoms with Gasteiger partial charge < -0.3 is 22.1 Å². The number of pyridine rings is 2. The molecule has 9 heteroatoms. The number of anilines is 3. The molecule has 162 valence electrons. The van der Waals surface area contributed by atoms with E-state index in [4.69, 9.17) is 11.5 Å². The van der Waals surface area contributed by atoms with E-state index >= 15 is 0 Å². The van der Waals surface area contributed by atoms with Crippen molar-refractivity contribution in [1.82, 2.24) is 9.97 Å². The number of hydrogen-bond acceptors (Lipinski definition) is 6. The molecule has 3 rings (SSSR count). The fraction of sp³-hybridized carbons (Fsp3) is 0.273. The van der Waals surface area contributed by atoms with Crippen LogP contribution in [-0.2, 0) is 4.79 Å². The van der Waals surface area contributed by atoms with Crippen LogP contribution in [0.1, 0.15) is 37.0 Å². The van der Waals surface area contributed by atoms with Crippen molar-refractivity contribution in [3.05, 3.63) is 54.0 Å². The van der Waals surface area contributed by atoms with Crippen molar-refractivity contribution in [3.8, 4) is 0 Å². The molecule has 0 aliphatic heterocycles. The van der Waals surface area contributed by atoms with E-state index in [0.29, 0.717) is 18.0 Å². The average Bonchev–Trinajstić information content (AvgIpc) is 2.72. The maximum absolute atomic E-state index is 14.6. The van der Waals surface area contributed by atoms with Gasteiger partial charge in [-0.2, -0.15) is 0 Å². The largest absolute Gasteiger partial charge is 0.368 e. The Labute approximate surface area is 179 Å². The zero-order chi connectivity index (χ0) is 22.5. The number of rotatable bonds is 9. The molecule has 0 spiro atoms. The Hall–Kier alpha value is -3.75. The summed E-state index contributed by atoms with van der Waals surface area (Å²) >= 11 is 0. The summed E-state index contributed by atoms with van der Waals surface area (Å²) in [5.41, 5.74) is 12.2. The number of aromatic nitrogens is 2. The van der Waals surface area contributed by atoms with Crippen molar-refractivity contribution in [3.63, 3.8) is 0 Å². The third-order valence-corrected chi connectivity index (χ3v) is 4.79. The van der Waals surface area contributed by atoms with Gasteiger partial charge in [-0.15, -0.1) is 0 Å². The van der Waals surface area contributed by atoms with E-state index in [1.165, 1.54) is 0 Å². The molecular weight excluding hydrogens is 399 g/mol. The minimum Gasteiger partial charge on any atom is -0.368 e. The first-order chi connectivity index (χ1) is 14.7. The summed E-state index contributed by atoms with van der Waals surface area (Å²) in [6, 6.07) is 9.26. The predicted octanol–water partition coefficient (Wildman–Crippen LogP) is 3.31. The number of halogens is 1. The van der Waals surface area contributed by atoms with Gasteiger partial charge in [0.2, 0.25) is 5.91 Å². The van der Waals surface area contributed by atoms with E-state index in [2.05, 4.69) is 20.6 Å².